The summed E-state index contributed by atoms with van der Waals surface area (Å²) < 4.78 is 0. The molecule has 1 aromatic rings. The Balaban J connectivity index is 2.68. The number of aromatic nitrogens is 2. The molecule has 0 fully saturated rings. The third-order valence-corrected chi connectivity index (χ3v) is 1.53. The zero-order chi connectivity index (χ0) is 8.97. The molecule has 0 aromatic carbocycles. The molecule has 1 atom stereocenters. The Morgan fingerprint density at radius 3 is 3.08 bits per heavy atom. The molecule has 0 saturated heterocycles. The number of nitrogens with zero attached hydrogens (tertiary/aromatic N) is 1. The third kappa shape index (κ3) is 1.77. The number of nitrogens with two attached hydrogens (primary N) is 1. The predicted molar refractivity (Wildman–Crippen MR) is 46.0 cm³/mol. The Kier molecular flexibility index (Phi) is 2.72. The van der Waals surface area contributed by atoms with Gasteiger partial charge < -0.3 is 10.8 Å². The summed E-state index contributed by atoms with van der Waals surface area (Å²) in [6.07, 6.45) is 1.26. The van der Waals surface area contributed by atoms with Crippen molar-refractivity contribution in [3.05, 3.63) is 11.8 Å². The largest absolute Gasteiger partial charge is 0.387 e. The number of hydrogen-bond donors (Lipinski definition) is 3. The van der Waals surface area contributed by atoms with Gasteiger partial charge in [0.15, 0.2) is 0 Å². The van der Waals surface area contributed by atoms with Crippen LogP contribution in [-0.4, -0.2) is 15.3 Å². The topological polar surface area (TPSA) is 74.9 Å². The average Bonchev–Trinajstić information content (AvgIpc) is 2.47. The molecule has 0 radical (unpaired) electrons. The molecule has 64 valence electrons. The van der Waals surface area contributed by atoms with Crippen molar-refractivity contribution in [3.8, 4) is 11.8 Å². The van der Waals surface area contributed by atoms with E-state index in [4.69, 9.17) is 5.73 Å². The lowest BCUT2D eigenvalue weighted by molar-refractivity contribution is 0.185. The van der Waals surface area contributed by atoms with Crippen molar-refractivity contribution in [1.29, 1.82) is 0 Å². The Bertz CT molecular complexity index is 308. The molecule has 4 heteroatoms. The summed E-state index contributed by atoms with van der Waals surface area (Å²) in [6, 6.07) is 0. The van der Waals surface area contributed by atoms with E-state index in [-0.39, 0.29) is 0 Å². The number of hydrogen-bond acceptors (Lipinski definition) is 3. The highest BCUT2D eigenvalue weighted by Crippen LogP contribution is 2.19. The molecule has 0 amide bonds. The van der Waals surface area contributed by atoms with Gasteiger partial charge in [-0.3, -0.25) is 5.10 Å². The molecule has 1 rings (SSSR count). The van der Waals surface area contributed by atoms with E-state index in [0.29, 0.717) is 17.8 Å². The summed E-state index contributed by atoms with van der Waals surface area (Å²) in [4.78, 5) is 0. The second-order valence-corrected chi connectivity index (χ2v) is 2.39. The molecule has 0 saturated carbocycles. The molecular formula is C8H11N3O. The van der Waals surface area contributed by atoms with E-state index in [1.165, 1.54) is 6.20 Å². The van der Waals surface area contributed by atoms with Gasteiger partial charge in [-0.15, -0.1) is 11.8 Å². The summed E-state index contributed by atoms with van der Waals surface area (Å²) in [5, 5.41) is 15.7. The number of aliphatic hydroxyl groups excluding tert-OH is 1. The van der Waals surface area contributed by atoms with Crippen molar-refractivity contribution < 1.29 is 5.11 Å². The molecule has 0 bridgehead atoms. The van der Waals surface area contributed by atoms with E-state index >= 15 is 0 Å². The molecular weight excluding hydrogens is 154 g/mol. The van der Waals surface area contributed by atoms with Gasteiger partial charge in [-0.25, -0.2) is 0 Å². The number of aliphatic hydroxyl groups is 1. The van der Waals surface area contributed by atoms with E-state index in [1.807, 2.05) is 0 Å². The molecule has 4 N–H and O–H groups in total. The van der Waals surface area contributed by atoms with Gasteiger partial charge in [-0.05, 0) is 6.92 Å². The lowest BCUT2D eigenvalue weighted by Gasteiger charge is -2.03. The lowest BCUT2D eigenvalue weighted by Crippen LogP contribution is -1.98. The minimum Gasteiger partial charge on any atom is -0.387 e. The van der Waals surface area contributed by atoms with Gasteiger partial charge in [0.2, 0.25) is 0 Å². The van der Waals surface area contributed by atoms with Crippen molar-refractivity contribution >= 4 is 5.82 Å². The number of nitrogens with one attached hydrogen (secondary N) is 1. The highest BCUT2D eigenvalue weighted by atomic mass is 16.3. The Morgan fingerprint density at radius 1 is 1.83 bits per heavy atom. The first-order valence-electron chi connectivity index (χ1n) is 3.62. The fraction of sp³-hybridized carbons (Fsp3) is 0.375. The molecule has 1 heterocycles. The lowest BCUT2D eigenvalue weighted by atomic mass is 10.1. The van der Waals surface area contributed by atoms with Crippen molar-refractivity contribution in [3.63, 3.8) is 0 Å². The third-order valence-electron chi connectivity index (χ3n) is 1.53. The van der Waals surface area contributed by atoms with Crippen LogP contribution in [0.4, 0.5) is 5.82 Å². The van der Waals surface area contributed by atoms with Crippen molar-refractivity contribution in [2.24, 2.45) is 0 Å². The maximum absolute atomic E-state index is 9.48. The monoisotopic (exact) mass is 165 g/mol. The summed E-state index contributed by atoms with van der Waals surface area (Å²) in [5.41, 5.74) is 6.10. The van der Waals surface area contributed by atoms with Crippen LogP contribution in [0.15, 0.2) is 6.20 Å². The second-order valence-electron chi connectivity index (χ2n) is 2.39. The van der Waals surface area contributed by atoms with Gasteiger partial charge in [0.05, 0.1) is 12.3 Å². The van der Waals surface area contributed by atoms with Gasteiger partial charge in [-0.1, -0.05) is 0 Å². The summed E-state index contributed by atoms with van der Waals surface area (Å²) >= 11 is 0. The molecule has 4 nitrogen and oxygen atoms in total. The zero-order valence-corrected chi connectivity index (χ0v) is 6.83. The van der Waals surface area contributed by atoms with Crippen LogP contribution in [0.5, 0.6) is 0 Å². The number of rotatable bonds is 2. The zero-order valence-electron chi connectivity index (χ0n) is 6.83. The Labute approximate surface area is 70.8 Å². The molecule has 1 unspecified atom stereocenters. The first-order valence-corrected chi connectivity index (χ1v) is 3.62. The minimum atomic E-state index is -0.642. The predicted octanol–water partition coefficient (Wildman–Crippen LogP) is 0.439. The van der Waals surface area contributed by atoms with E-state index < -0.39 is 6.10 Å². The van der Waals surface area contributed by atoms with E-state index in [2.05, 4.69) is 22.0 Å². The average molecular weight is 165 g/mol. The highest BCUT2D eigenvalue weighted by molar-refractivity contribution is 5.38. The van der Waals surface area contributed by atoms with E-state index in [0.717, 1.165) is 0 Å². The number of nitrogen functional groups attached to an aromatic ring is 1. The molecule has 1 aromatic heterocycles. The summed E-state index contributed by atoms with van der Waals surface area (Å²) in [5.74, 6) is 5.87. The van der Waals surface area contributed by atoms with Crippen LogP contribution in [0.25, 0.3) is 0 Å². The normalized spacial score (nSPS) is 11.8. The van der Waals surface area contributed by atoms with Crippen molar-refractivity contribution in [2.75, 3.05) is 5.73 Å². The van der Waals surface area contributed by atoms with Gasteiger partial charge in [0.25, 0.3) is 0 Å². The summed E-state index contributed by atoms with van der Waals surface area (Å²) in [7, 11) is 0. The quantitative estimate of drug-likeness (QED) is 0.556. The number of H-pyrrole nitrogens is 1. The summed E-state index contributed by atoms with van der Waals surface area (Å²) in [6.45, 7) is 1.73. The van der Waals surface area contributed by atoms with Gasteiger partial charge in [0.1, 0.15) is 5.82 Å². The Morgan fingerprint density at radius 2 is 2.58 bits per heavy atom. The number of anilines is 1. The molecule has 0 aliphatic rings. The molecule has 0 aliphatic heterocycles. The smallest absolute Gasteiger partial charge is 0.124 e. The van der Waals surface area contributed by atoms with Crippen LogP contribution in [0.1, 0.15) is 25.0 Å². The number of aromatic amines is 1. The van der Waals surface area contributed by atoms with Crippen molar-refractivity contribution in [1.82, 2.24) is 10.2 Å². The SMILES string of the molecule is CC#CCC(O)c1cn[nH]c1N. The fourth-order valence-electron chi connectivity index (χ4n) is 0.880. The first-order chi connectivity index (χ1) is 5.75. The van der Waals surface area contributed by atoms with Gasteiger partial charge in [0, 0.05) is 12.0 Å². The maximum atomic E-state index is 9.48. The molecule has 0 aliphatic carbocycles. The van der Waals surface area contributed by atoms with Gasteiger partial charge in [-0.2, -0.15) is 5.10 Å². The van der Waals surface area contributed by atoms with Crippen LogP contribution in [0.3, 0.4) is 0 Å². The van der Waals surface area contributed by atoms with Crippen LogP contribution in [-0.2, 0) is 0 Å². The van der Waals surface area contributed by atoms with Crippen LogP contribution < -0.4 is 5.73 Å². The standard InChI is InChI=1S/C8H11N3O/c1-2-3-4-7(12)6-5-10-11-8(6)9/h5,7,12H,4H2,1H3,(H3,9,10,11). The first kappa shape index (κ1) is 8.62. The van der Waals surface area contributed by atoms with Crippen LogP contribution in [0, 0.1) is 11.8 Å². The minimum absolute atomic E-state index is 0.389. The van der Waals surface area contributed by atoms with E-state index in [1.54, 1.807) is 6.92 Å². The van der Waals surface area contributed by atoms with Gasteiger partial charge >= 0.3 is 0 Å². The maximum Gasteiger partial charge on any atom is 0.124 e. The van der Waals surface area contributed by atoms with Crippen LogP contribution >= 0.6 is 0 Å². The Hall–Kier alpha value is -1.47. The molecule has 12 heavy (non-hydrogen) atoms. The molecule has 0 spiro atoms. The van der Waals surface area contributed by atoms with Crippen molar-refractivity contribution in [2.45, 2.75) is 19.4 Å². The highest BCUT2D eigenvalue weighted by Gasteiger charge is 2.10. The van der Waals surface area contributed by atoms with Crippen LogP contribution in [0.2, 0.25) is 0 Å². The van der Waals surface area contributed by atoms with E-state index in [9.17, 15) is 5.11 Å². The second kappa shape index (κ2) is 3.79. The fourth-order valence-corrected chi connectivity index (χ4v) is 0.880.